The summed E-state index contributed by atoms with van der Waals surface area (Å²) in [6, 6.07) is 4.57. The smallest absolute Gasteiger partial charge is 0.0328 e. The van der Waals surface area contributed by atoms with E-state index in [1.807, 2.05) is 0 Å². The van der Waals surface area contributed by atoms with E-state index in [0.29, 0.717) is 5.54 Å². The summed E-state index contributed by atoms with van der Waals surface area (Å²) in [7, 11) is 4.42. The zero-order valence-corrected chi connectivity index (χ0v) is 13.1. The first-order chi connectivity index (χ1) is 8.94. The highest BCUT2D eigenvalue weighted by molar-refractivity contribution is 5.37. The van der Waals surface area contributed by atoms with Gasteiger partial charge in [0.15, 0.2) is 0 Å². The van der Waals surface area contributed by atoms with E-state index in [1.54, 1.807) is 0 Å². The Morgan fingerprint density at radius 3 is 2.11 bits per heavy atom. The molecule has 0 aliphatic heterocycles. The highest BCUT2D eigenvalue weighted by Gasteiger charge is 2.38. The monoisotopic (exact) mass is 260 g/mol. The first-order valence-corrected chi connectivity index (χ1v) is 7.39. The molecular formula is C17H28N2. The summed E-state index contributed by atoms with van der Waals surface area (Å²) >= 11 is 0. The van der Waals surface area contributed by atoms with Crippen molar-refractivity contribution in [3.63, 3.8) is 0 Å². The molecule has 1 aliphatic carbocycles. The van der Waals surface area contributed by atoms with Crippen molar-refractivity contribution >= 4 is 0 Å². The molecule has 2 heteroatoms. The molecule has 19 heavy (non-hydrogen) atoms. The van der Waals surface area contributed by atoms with Crippen LogP contribution in [0, 0.1) is 20.8 Å². The van der Waals surface area contributed by atoms with E-state index >= 15 is 0 Å². The third kappa shape index (κ3) is 3.01. The summed E-state index contributed by atoms with van der Waals surface area (Å²) in [5, 5.41) is 3.69. The summed E-state index contributed by atoms with van der Waals surface area (Å²) in [6.45, 7) is 8.72. The lowest BCUT2D eigenvalue weighted by Gasteiger charge is -2.47. The maximum absolute atomic E-state index is 3.69. The lowest BCUT2D eigenvalue weighted by Crippen LogP contribution is -2.56. The molecule has 0 heterocycles. The SMILES string of the molecule is Cc1cc(C)c(CNCC2(N(C)C)CCC2)c(C)c1. The van der Waals surface area contributed by atoms with Crippen molar-refractivity contribution in [3.8, 4) is 0 Å². The van der Waals surface area contributed by atoms with Crippen LogP contribution in [0.1, 0.15) is 41.5 Å². The van der Waals surface area contributed by atoms with Crippen molar-refractivity contribution < 1.29 is 0 Å². The maximum Gasteiger partial charge on any atom is 0.0328 e. The number of aryl methyl sites for hydroxylation is 3. The highest BCUT2D eigenvalue weighted by atomic mass is 15.2. The van der Waals surface area contributed by atoms with E-state index in [4.69, 9.17) is 0 Å². The van der Waals surface area contributed by atoms with Crippen LogP contribution in [-0.2, 0) is 6.54 Å². The van der Waals surface area contributed by atoms with E-state index in [-0.39, 0.29) is 0 Å². The zero-order chi connectivity index (χ0) is 14.0. The topological polar surface area (TPSA) is 15.3 Å². The molecule has 2 nitrogen and oxygen atoms in total. The van der Waals surface area contributed by atoms with E-state index in [2.05, 4.69) is 57.2 Å². The normalized spacial score (nSPS) is 17.6. The Kier molecular flexibility index (Phi) is 4.32. The van der Waals surface area contributed by atoms with Crippen LogP contribution in [0.15, 0.2) is 12.1 Å². The molecule has 0 bridgehead atoms. The van der Waals surface area contributed by atoms with Gasteiger partial charge in [-0.3, -0.25) is 0 Å². The number of nitrogens with zero attached hydrogens (tertiary/aromatic N) is 1. The number of nitrogens with one attached hydrogen (secondary N) is 1. The van der Waals surface area contributed by atoms with Crippen LogP contribution in [0.5, 0.6) is 0 Å². The van der Waals surface area contributed by atoms with Gasteiger partial charge < -0.3 is 10.2 Å². The number of benzene rings is 1. The predicted octanol–water partition coefficient (Wildman–Crippen LogP) is 3.19. The van der Waals surface area contributed by atoms with Crippen LogP contribution >= 0.6 is 0 Å². The second kappa shape index (κ2) is 5.64. The Morgan fingerprint density at radius 1 is 1.11 bits per heavy atom. The maximum atomic E-state index is 3.69. The second-order valence-electron chi connectivity index (χ2n) is 6.45. The second-order valence-corrected chi connectivity index (χ2v) is 6.45. The fourth-order valence-corrected chi connectivity index (χ4v) is 3.28. The van der Waals surface area contributed by atoms with Crippen molar-refractivity contribution in [2.45, 2.75) is 52.1 Å². The molecule has 1 saturated carbocycles. The summed E-state index contributed by atoms with van der Waals surface area (Å²) in [4.78, 5) is 2.40. The van der Waals surface area contributed by atoms with E-state index in [9.17, 15) is 0 Å². The third-order valence-corrected chi connectivity index (χ3v) is 4.83. The van der Waals surface area contributed by atoms with Crippen molar-refractivity contribution in [1.82, 2.24) is 10.2 Å². The van der Waals surface area contributed by atoms with Gasteiger partial charge in [0.1, 0.15) is 0 Å². The van der Waals surface area contributed by atoms with Crippen LogP contribution in [0.4, 0.5) is 0 Å². The van der Waals surface area contributed by atoms with Crippen LogP contribution in [0.3, 0.4) is 0 Å². The average molecular weight is 260 g/mol. The lowest BCUT2D eigenvalue weighted by molar-refractivity contribution is 0.0598. The van der Waals surface area contributed by atoms with Crippen LogP contribution in [-0.4, -0.2) is 31.1 Å². The molecule has 0 spiro atoms. The summed E-state index contributed by atoms with van der Waals surface area (Å²) in [5.41, 5.74) is 6.07. The lowest BCUT2D eigenvalue weighted by atomic mass is 9.75. The molecule has 106 valence electrons. The van der Waals surface area contributed by atoms with E-state index < -0.39 is 0 Å². The van der Waals surface area contributed by atoms with Gasteiger partial charge in [-0.15, -0.1) is 0 Å². The molecule has 1 aromatic carbocycles. The van der Waals surface area contributed by atoms with Gasteiger partial charge in [-0.05, 0) is 70.8 Å². The standard InChI is InChI=1S/C17H28N2/c1-13-9-14(2)16(15(3)10-13)11-18-12-17(19(4)5)7-6-8-17/h9-10,18H,6-8,11-12H2,1-5H3. The van der Waals surface area contributed by atoms with Gasteiger partial charge in [0.2, 0.25) is 0 Å². The molecule has 0 radical (unpaired) electrons. The Bertz CT molecular complexity index is 422. The first-order valence-electron chi connectivity index (χ1n) is 7.39. The van der Waals surface area contributed by atoms with Crippen molar-refractivity contribution in [3.05, 3.63) is 34.4 Å². The molecular weight excluding hydrogens is 232 g/mol. The summed E-state index contributed by atoms with van der Waals surface area (Å²) in [5.74, 6) is 0. The van der Waals surface area contributed by atoms with Gasteiger partial charge in [0.05, 0.1) is 0 Å². The average Bonchev–Trinajstić information content (AvgIpc) is 2.23. The highest BCUT2D eigenvalue weighted by Crippen LogP contribution is 2.35. The predicted molar refractivity (Wildman–Crippen MR) is 82.6 cm³/mol. The van der Waals surface area contributed by atoms with Crippen LogP contribution in [0.25, 0.3) is 0 Å². The Morgan fingerprint density at radius 2 is 1.68 bits per heavy atom. The first kappa shape index (κ1) is 14.5. The van der Waals surface area contributed by atoms with E-state index in [1.165, 1.54) is 41.5 Å². The summed E-state index contributed by atoms with van der Waals surface area (Å²) < 4.78 is 0. The molecule has 0 unspecified atom stereocenters. The number of likely N-dealkylation sites (N-methyl/N-ethyl adjacent to an activating group) is 1. The molecule has 1 aliphatic rings. The molecule has 0 aromatic heterocycles. The fraction of sp³-hybridized carbons (Fsp3) is 0.647. The van der Waals surface area contributed by atoms with Crippen LogP contribution in [0.2, 0.25) is 0 Å². The Hall–Kier alpha value is -0.860. The van der Waals surface area contributed by atoms with Crippen molar-refractivity contribution in [2.75, 3.05) is 20.6 Å². The minimum absolute atomic E-state index is 0.409. The van der Waals surface area contributed by atoms with Crippen molar-refractivity contribution in [2.24, 2.45) is 0 Å². The van der Waals surface area contributed by atoms with Crippen molar-refractivity contribution in [1.29, 1.82) is 0 Å². The van der Waals surface area contributed by atoms with Gasteiger partial charge in [-0.2, -0.15) is 0 Å². The number of hydrogen-bond donors (Lipinski definition) is 1. The third-order valence-electron chi connectivity index (χ3n) is 4.83. The minimum Gasteiger partial charge on any atom is -0.311 e. The van der Waals surface area contributed by atoms with Gasteiger partial charge in [-0.1, -0.05) is 17.7 Å². The Labute approximate surface area is 118 Å². The molecule has 1 N–H and O–H groups in total. The molecule has 0 saturated heterocycles. The van der Waals surface area contributed by atoms with Gasteiger partial charge in [-0.25, -0.2) is 0 Å². The van der Waals surface area contributed by atoms with Crippen LogP contribution < -0.4 is 5.32 Å². The number of rotatable bonds is 5. The van der Waals surface area contributed by atoms with Gasteiger partial charge in [0, 0.05) is 18.6 Å². The molecule has 1 aromatic rings. The molecule has 1 fully saturated rings. The molecule has 0 atom stereocenters. The number of hydrogen-bond acceptors (Lipinski definition) is 2. The quantitative estimate of drug-likeness (QED) is 0.874. The largest absolute Gasteiger partial charge is 0.311 e. The molecule has 0 amide bonds. The minimum atomic E-state index is 0.409. The zero-order valence-electron chi connectivity index (χ0n) is 13.1. The van der Waals surface area contributed by atoms with E-state index in [0.717, 1.165) is 13.1 Å². The van der Waals surface area contributed by atoms with Gasteiger partial charge in [0.25, 0.3) is 0 Å². The van der Waals surface area contributed by atoms with Gasteiger partial charge >= 0.3 is 0 Å². The Balaban J connectivity index is 1.96. The fourth-order valence-electron chi connectivity index (χ4n) is 3.28. The summed E-state index contributed by atoms with van der Waals surface area (Å²) in [6.07, 6.45) is 4.04. The molecule has 2 rings (SSSR count).